The number of halogens is 4. The lowest BCUT2D eigenvalue weighted by molar-refractivity contribution is -0.141. The van der Waals surface area contributed by atoms with Gasteiger partial charge in [-0.3, -0.25) is 19.1 Å². The van der Waals surface area contributed by atoms with Gasteiger partial charge in [0.25, 0.3) is 11.8 Å². The number of nitrogens with one attached hydrogen (secondary N) is 3. The number of amides is 3. The van der Waals surface area contributed by atoms with E-state index in [4.69, 9.17) is 22.6 Å². The quantitative estimate of drug-likeness (QED) is 0.311. The molecule has 2 aromatic heterocycles. The van der Waals surface area contributed by atoms with Crippen molar-refractivity contribution in [2.75, 3.05) is 5.32 Å². The zero-order chi connectivity index (χ0) is 30.1. The second kappa shape index (κ2) is 11.6. The molecular weight excluding hydrogens is 567 g/mol. The van der Waals surface area contributed by atoms with Crippen LogP contribution in [0.5, 0.6) is 0 Å². The number of anilines is 1. The molecule has 216 valence electrons. The summed E-state index contributed by atoms with van der Waals surface area (Å²) < 4.78 is 42.7. The number of carbonyl (C=O) groups excluding carboxylic acids is 3. The van der Waals surface area contributed by atoms with Crippen LogP contribution < -0.4 is 21.7 Å². The highest BCUT2D eigenvalue weighted by atomic mass is 35.5. The number of aromatic nitrogens is 4. The van der Waals surface area contributed by atoms with Gasteiger partial charge in [-0.2, -0.15) is 23.5 Å². The molecule has 0 saturated heterocycles. The number of benzene rings is 1. The van der Waals surface area contributed by atoms with Crippen LogP contribution in [0.15, 0.2) is 30.6 Å². The van der Waals surface area contributed by atoms with Crippen molar-refractivity contribution >= 4 is 35.0 Å². The first-order valence-corrected chi connectivity index (χ1v) is 12.7. The van der Waals surface area contributed by atoms with Crippen molar-refractivity contribution in [3.8, 4) is 17.3 Å². The molecule has 1 fully saturated rings. The second-order valence-electron chi connectivity index (χ2n) is 9.56. The maximum atomic E-state index is 13.6. The predicted molar refractivity (Wildman–Crippen MR) is 141 cm³/mol. The fourth-order valence-corrected chi connectivity index (χ4v) is 4.52. The number of alkyl halides is 3. The van der Waals surface area contributed by atoms with Gasteiger partial charge in [0, 0.05) is 31.0 Å². The smallest absolute Gasteiger partial charge is 0.352 e. The Morgan fingerprint density at radius 2 is 1.90 bits per heavy atom. The summed E-state index contributed by atoms with van der Waals surface area (Å²) in [4.78, 5) is 41.2. The lowest BCUT2D eigenvalue weighted by atomic mass is 9.86. The predicted octanol–water partition coefficient (Wildman–Crippen LogP) is 2.46. The Hall–Kier alpha value is -4.42. The highest BCUT2D eigenvalue weighted by Crippen LogP contribution is 2.36. The molecule has 16 heteroatoms. The van der Waals surface area contributed by atoms with E-state index in [9.17, 15) is 27.6 Å². The average Bonchev–Trinajstić information content (AvgIpc) is 3.46. The summed E-state index contributed by atoms with van der Waals surface area (Å²) in [5.74, 6) is -1.63. The van der Waals surface area contributed by atoms with E-state index < -0.39 is 36.3 Å². The lowest BCUT2D eigenvalue weighted by Crippen LogP contribution is -2.55. The Morgan fingerprint density at radius 3 is 2.51 bits per heavy atom. The van der Waals surface area contributed by atoms with E-state index in [2.05, 4.69) is 26.0 Å². The molecule has 12 nitrogen and oxygen atoms in total. The summed E-state index contributed by atoms with van der Waals surface area (Å²) in [5.41, 5.74) is 4.34. The van der Waals surface area contributed by atoms with Gasteiger partial charge >= 0.3 is 6.18 Å². The molecule has 1 aliphatic rings. The number of nitrogens with zero attached hydrogens (tertiary/aromatic N) is 5. The standard InChI is InChI=1S/C25H25ClF3N9O3/c1-12(31)22(39)34-14-7-15(8-14)35-23(40)16-4-3-13(9-18(16)26)33-24(41)21-32-10-19(37(21)2)17-11-38(6-5-30)36-20(17)25(27,28)29/h3-4,9-12,14-15H,6-8,31H2,1-2H3,(H,33,41)(H,34,39)(H,35,40). The molecule has 41 heavy (non-hydrogen) atoms. The molecular formula is C25H25ClF3N9O3. The zero-order valence-corrected chi connectivity index (χ0v) is 22.5. The summed E-state index contributed by atoms with van der Waals surface area (Å²) in [6.45, 7) is 1.19. The fraction of sp³-hybridized carbons (Fsp3) is 0.360. The number of hydrogen-bond acceptors (Lipinski definition) is 7. The van der Waals surface area contributed by atoms with Gasteiger partial charge in [-0.05, 0) is 38.0 Å². The van der Waals surface area contributed by atoms with Crippen LogP contribution in [0, 0.1) is 11.3 Å². The van der Waals surface area contributed by atoms with Crippen LogP contribution in [0.4, 0.5) is 18.9 Å². The van der Waals surface area contributed by atoms with E-state index >= 15 is 0 Å². The first-order chi connectivity index (χ1) is 19.3. The van der Waals surface area contributed by atoms with Crippen molar-refractivity contribution in [1.82, 2.24) is 30.0 Å². The third-order valence-corrected chi connectivity index (χ3v) is 6.75. The highest BCUT2D eigenvalue weighted by molar-refractivity contribution is 6.34. The van der Waals surface area contributed by atoms with Gasteiger partial charge in [0.1, 0.15) is 6.54 Å². The normalized spacial score (nSPS) is 17.2. The van der Waals surface area contributed by atoms with Crippen molar-refractivity contribution in [3.63, 3.8) is 0 Å². The van der Waals surface area contributed by atoms with E-state index in [1.54, 1.807) is 13.0 Å². The number of carbonyl (C=O) groups is 3. The lowest BCUT2D eigenvalue weighted by Gasteiger charge is -2.36. The Morgan fingerprint density at radius 1 is 1.22 bits per heavy atom. The van der Waals surface area contributed by atoms with Gasteiger partial charge in [0.05, 0.1) is 40.2 Å². The van der Waals surface area contributed by atoms with E-state index in [0.717, 1.165) is 17.1 Å². The number of hydrogen-bond donors (Lipinski definition) is 4. The maximum Gasteiger partial charge on any atom is 0.435 e. The maximum absolute atomic E-state index is 13.6. The van der Waals surface area contributed by atoms with Gasteiger partial charge in [-0.25, -0.2) is 4.98 Å². The minimum absolute atomic E-state index is 0.0351. The van der Waals surface area contributed by atoms with Crippen LogP contribution in [0.3, 0.4) is 0 Å². The molecule has 0 radical (unpaired) electrons. The van der Waals surface area contributed by atoms with Gasteiger partial charge < -0.3 is 26.3 Å². The number of nitrogens with two attached hydrogens (primary N) is 1. The molecule has 0 spiro atoms. The number of imidazole rings is 1. The first kappa shape index (κ1) is 29.6. The van der Waals surface area contributed by atoms with Crippen molar-refractivity contribution in [2.45, 2.75) is 50.6 Å². The van der Waals surface area contributed by atoms with Gasteiger partial charge in [0.15, 0.2) is 11.5 Å². The SMILES string of the molecule is CC(N)C(=O)NC1CC(NC(=O)c2ccc(NC(=O)c3ncc(-c4cn(CC#N)nc4C(F)(F)F)n3C)cc2Cl)C1. The van der Waals surface area contributed by atoms with Crippen molar-refractivity contribution < 1.29 is 27.6 Å². The summed E-state index contributed by atoms with van der Waals surface area (Å²) >= 11 is 6.29. The zero-order valence-electron chi connectivity index (χ0n) is 21.8. The molecule has 1 atom stereocenters. The second-order valence-corrected chi connectivity index (χ2v) is 9.96. The topological polar surface area (TPSA) is 173 Å². The van der Waals surface area contributed by atoms with E-state index in [0.29, 0.717) is 12.8 Å². The molecule has 0 aliphatic heterocycles. The monoisotopic (exact) mass is 591 g/mol. The van der Waals surface area contributed by atoms with Crippen LogP contribution in [-0.2, 0) is 24.6 Å². The van der Waals surface area contributed by atoms with Crippen LogP contribution >= 0.6 is 11.6 Å². The van der Waals surface area contributed by atoms with Crippen LogP contribution in [0.25, 0.3) is 11.3 Å². The number of nitriles is 1. The molecule has 0 bridgehead atoms. The van der Waals surface area contributed by atoms with E-state index in [1.165, 1.54) is 29.8 Å². The highest BCUT2D eigenvalue weighted by Gasteiger charge is 2.38. The summed E-state index contributed by atoms with van der Waals surface area (Å²) in [6.07, 6.45) is -1.54. The Kier molecular flexibility index (Phi) is 8.36. The summed E-state index contributed by atoms with van der Waals surface area (Å²) in [6, 6.07) is 5.10. The Bertz CT molecular complexity index is 1530. The molecule has 1 unspecified atom stereocenters. The first-order valence-electron chi connectivity index (χ1n) is 12.3. The van der Waals surface area contributed by atoms with Gasteiger partial charge in [0.2, 0.25) is 5.91 Å². The van der Waals surface area contributed by atoms with Crippen molar-refractivity contribution in [2.24, 2.45) is 12.8 Å². The molecule has 4 rings (SSSR count). The van der Waals surface area contributed by atoms with E-state index in [1.807, 2.05) is 0 Å². The molecule has 1 saturated carbocycles. The van der Waals surface area contributed by atoms with Crippen LogP contribution in [0.2, 0.25) is 5.02 Å². The molecule has 3 aromatic rings. The molecule has 1 aliphatic carbocycles. The van der Waals surface area contributed by atoms with E-state index in [-0.39, 0.29) is 51.3 Å². The minimum Gasteiger partial charge on any atom is -0.352 e. The largest absolute Gasteiger partial charge is 0.435 e. The Balaban J connectivity index is 1.42. The molecule has 1 aromatic carbocycles. The third kappa shape index (κ3) is 6.50. The van der Waals surface area contributed by atoms with Crippen molar-refractivity contribution in [3.05, 3.63) is 52.7 Å². The number of rotatable bonds is 8. The molecule has 2 heterocycles. The summed E-state index contributed by atoms with van der Waals surface area (Å²) in [5, 5.41) is 20.5. The third-order valence-electron chi connectivity index (χ3n) is 6.43. The molecule has 3 amide bonds. The minimum atomic E-state index is -4.80. The average molecular weight is 592 g/mol. The van der Waals surface area contributed by atoms with Crippen molar-refractivity contribution in [1.29, 1.82) is 5.26 Å². The molecule has 5 N–H and O–H groups in total. The van der Waals surface area contributed by atoms with Crippen LogP contribution in [0.1, 0.15) is 46.4 Å². The van der Waals surface area contributed by atoms with Crippen LogP contribution in [-0.4, -0.2) is 55.2 Å². The Labute approximate surface area is 236 Å². The van der Waals surface area contributed by atoms with Gasteiger partial charge in [-0.1, -0.05) is 11.6 Å². The van der Waals surface area contributed by atoms with Gasteiger partial charge in [-0.15, -0.1) is 0 Å². The fourth-order valence-electron chi connectivity index (χ4n) is 4.26. The summed E-state index contributed by atoms with van der Waals surface area (Å²) in [7, 11) is 1.37.